The highest BCUT2D eigenvalue weighted by Gasteiger charge is 2.17. The highest BCUT2D eigenvalue weighted by atomic mass is 35.5. The van der Waals surface area contributed by atoms with Crippen molar-refractivity contribution >= 4 is 49.8 Å². The van der Waals surface area contributed by atoms with E-state index in [2.05, 4.69) is 19.9 Å². The van der Waals surface area contributed by atoms with Crippen molar-refractivity contribution in [1.29, 1.82) is 0 Å². The summed E-state index contributed by atoms with van der Waals surface area (Å²) < 4.78 is 27.8. The smallest absolute Gasteiger partial charge is 0.295 e. The van der Waals surface area contributed by atoms with Gasteiger partial charge in [0.25, 0.3) is 15.9 Å². The molecule has 0 radical (unpaired) electrons. The van der Waals surface area contributed by atoms with Crippen LogP contribution >= 0.6 is 11.6 Å². The molecule has 10 heteroatoms. The summed E-state index contributed by atoms with van der Waals surface area (Å²) in [6.07, 6.45) is 0. The molecule has 0 aliphatic heterocycles. The molecule has 0 spiro atoms. The van der Waals surface area contributed by atoms with E-state index >= 15 is 0 Å². The number of aryl methyl sites for hydroxylation is 1. The summed E-state index contributed by atoms with van der Waals surface area (Å²) >= 11 is 5.82. The summed E-state index contributed by atoms with van der Waals surface area (Å²) in [5.74, 6) is -0.968. The molecule has 0 saturated carbocycles. The van der Waals surface area contributed by atoms with Gasteiger partial charge in [0.1, 0.15) is 0 Å². The zero-order valence-electron chi connectivity index (χ0n) is 16.7. The van der Waals surface area contributed by atoms with Gasteiger partial charge in [0.15, 0.2) is 5.69 Å². The Morgan fingerprint density at radius 3 is 2.53 bits per heavy atom. The van der Waals surface area contributed by atoms with Crippen molar-refractivity contribution in [2.45, 2.75) is 11.8 Å². The summed E-state index contributed by atoms with van der Waals surface area (Å²) in [5.41, 5.74) is 2.08. The van der Waals surface area contributed by atoms with Gasteiger partial charge in [-0.05, 0) is 55.0 Å². The minimum atomic E-state index is -3.94. The molecule has 4 rings (SSSR count). The standard InChI is InChI=1S/C22H17ClN4O4S/c1-13-4-2-7-18-19(13)24-22(29)20(18)25-26-21(28)14-5-3-6-17(12-14)32(30,31)27-16-10-8-15(23)9-11-16/h2-12,24,27,29H,1H3. The van der Waals surface area contributed by atoms with E-state index in [1.165, 1.54) is 36.4 Å². The van der Waals surface area contributed by atoms with Crippen LogP contribution in [0.15, 0.2) is 81.9 Å². The molecule has 0 atom stereocenters. The second-order valence-corrected chi connectivity index (χ2v) is 9.08. The fourth-order valence-electron chi connectivity index (χ4n) is 3.12. The van der Waals surface area contributed by atoms with E-state index in [4.69, 9.17) is 11.6 Å². The number of hydrogen-bond acceptors (Lipinski definition) is 5. The number of sulfonamides is 1. The minimum Gasteiger partial charge on any atom is -0.493 e. The number of carbonyl (C=O) groups is 1. The molecule has 1 heterocycles. The first-order valence-corrected chi connectivity index (χ1v) is 11.3. The Hall–Kier alpha value is -3.69. The highest BCUT2D eigenvalue weighted by Crippen LogP contribution is 2.36. The number of rotatable bonds is 5. The lowest BCUT2D eigenvalue weighted by atomic mass is 10.1. The van der Waals surface area contributed by atoms with Crippen LogP contribution in [-0.2, 0) is 10.0 Å². The molecule has 0 saturated heterocycles. The second-order valence-electron chi connectivity index (χ2n) is 6.97. The normalized spacial score (nSPS) is 11.8. The molecule has 0 aliphatic rings. The van der Waals surface area contributed by atoms with E-state index in [0.29, 0.717) is 21.6 Å². The second kappa shape index (κ2) is 8.45. The van der Waals surface area contributed by atoms with Crippen molar-refractivity contribution in [3.05, 3.63) is 82.9 Å². The lowest BCUT2D eigenvalue weighted by Gasteiger charge is -2.08. The monoisotopic (exact) mass is 468 g/mol. The summed E-state index contributed by atoms with van der Waals surface area (Å²) in [5, 5.41) is 18.8. The molecule has 0 fully saturated rings. The SMILES string of the molecule is Cc1cccc2c(N=NC(=O)c3cccc(S(=O)(=O)Nc4ccc(Cl)cc4)c3)c(O)[nH]c12. The molecule has 0 bridgehead atoms. The average Bonchev–Trinajstić information content (AvgIpc) is 3.10. The van der Waals surface area contributed by atoms with Gasteiger partial charge in [-0.3, -0.25) is 9.52 Å². The number of hydrogen-bond donors (Lipinski definition) is 3. The number of nitrogens with one attached hydrogen (secondary N) is 2. The van der Waals surface area contributed by atoms with Gasteiger partial charge >= 0.3 is 0 Å². The number of fused-ring (bicyclic) bond motifs is 1. The average molecular weight is 469 g/mol. The van der Waals surface area contributed by atoms with Crippen molar-refractivity contribution < 1.29 is 18.3 Å². The molecule has 32 heavy (non-hydrogen) atoms. The predicted octanol–water partition coefficient (Wildman–Crippen LogP) is 5.56. The van der Waals surface area contributed by atoms with Gasteiger partial charge in [-0.25, -0.2) is 8.42 Å². The number of anilines is 1. The lowest BCUT2D eigenvalue weighted by Crippen LogP contribution is -2.13. The van der Waals surface area contributed by atoms with Crippen LogP contribution in [0.2, 0.25) is 5.02 Å². The first kappa shape index (κ1) is 21.5. The Morgan fingerprint density at radius 1 is 1.06 bits per heavy atom. The third-order valence-electron chi connectivity index (χ3n) is 4.72. The summed E-state index contributed by atoms with van der Waals surface area (Å²) in [4.78, 5) is 15.2. The quantitative estimate of drug-likeness (QED) is 0.331. The maximum atomic E-state index is 12.7. The van der Waals surface area contributed by atoms with Gasteiger partial charge < -0.3 is 10.1 Å². The Labute approximate surface area is 188 Å². The number of nitrogens with zero attached hydrogens (tertiary/aromatic N) is 2. The fraction of sp³-hybridized carbons (Fsp3) is 0.0455. The maximum absolute atomic E-state index is 12.7. The summed E-state index contributed by atoms with van der Waals surface area (Å²) in [7, 11) is -3.94. The third kappa shape index (κ3) is 4.34. The molecule has 3 aromatic carbocycles. The summed E-state index contributed by atoms with van der Waals surface area (Å²) in [6.45, 7) is 1.87. The number of benzene rings is 3. The van der Waals surface area contributed by atoms with Gasteiger partial charge in [-0.1, -0.05) is 35.9 Å². The van der Waals surface area contributed by atoms with E-state index in [-0.39, 0.29) is 22.0 Å². The van der Waals surface area contributed by atoms with Crippen molar-refractivity contribution in [2.24, 2.45) is 10.2 Å². The number of amides is 1. The van der Waals surface area contributed by atoms with E-state index in [9.17, 15) is 18.3 Å². The third-order valence-corrected chi connectivity index (χ3v) is 6.36. The number of carbonyl (C=O) groups excluding carboxylic acids is 1. The van der Waals surface area contributed by atoms with Crippen LogP contribution < -0.4 is 4.72 Å². The predicted molar refractivity (Wildman–Crippen MR) is 122 cm³/mol. The largest absolute Gasteiger partial charge is 0.493 e. The Kier molecular flexibility index (Phi) is 5.68. The van der Waals surface area contributed by atoms with E-state index in [1.54, 1.807) is 24.3 Å². The van der Waals surface area contributed by atoms with Crippen LogP contribution in [0.5, 0.6) is 5.88 Å². The molecule has 1 amide bonds. The molecule has 4 aromatic rings. The number of halogens is 1. The molecular weight excluding hydrogens is 452 g/mol. The fourth-order valence-corrected chi connectivity index (χ4v) is 4.35. The first-order valence-electron chi connectivity index (χ1n) is 9.39. The number of aromatic nitrogens is 1. The van der Waals surface area contributed by atoms with Gasteiger partial charge in [-0.15, -0.1) is 10.2 Å². The maximum Gasteiger partial charge on any atom is 0.295 e. The van der Waals surface area contributed by atoms with Crippen molar-refractivity contribution in [1.82, 2.24) is 4.98 Å². The van der Waals surface area contributed by atoms with Gasteiger partial charge in [0, 0.05) is 21.7 Å². The van der Waals surface area contributed by atoms with Crippen LogP contribution in [0, 0.1) is 6.92 Å². The molecule has 0 unspecified atom stereocenters. The zero-order chi connectivity index (χ0) is 22.9. The number of H-pyrrole nitrogens is 1. The first-order chi connectivity index (χ1) is 15.2. The summed E-state index contributed by atoms with van der Waals surface area (Å²) in [6, 6.07) is 17.0. The number of aromatic amines is 1. The zero-order valence-corrected chi connectivity index (χ0v) is 18.3. The Morgan fingerprint density at radius 2 is 1.78 bits per heavy atom. The van der Waals surface area contributed by atoms with E-state index < -0.39 is 15.9 Å². The van der Waals surface area contributed by atoms with Crippen molar-refractivity contribution in [3.8, 4) is 5.88 Å². The molecule has 162 valence electrons. The molecule has 8 nitrogen and oxygen atoms in total. The van der Waals surface area contributed by atoms with Gasteiger partial charge in [0.05, 0.1) is 10.4 Å². The van der Waals surface area contributed by atoms with Crippen molar-refractivity contribution in [2.75, 3.05) is 4.72 Å². The molecule has 0 aliphatic carbocycles. The van der Waals surface area contributed by atoms with Crippen molar-refractivity contribution in [3.63, 3.8) is 0 Å². The number of azo groups is 1. The van der Waals surface area contributed by atoms with Crippen LogP contribution in [0.25, 0.3) is 10.9 Å². The molecule has 1 aromatic heterocycles. The molecular formula is C22H17ClN4O4S. The lowest BCUT2D eigenvalue weighted by molar-refractivity contribution is 0.0995. The number of aromatic hydroxyl groups is 1. The minimum absolute atomic E-state index is 0.0308. The van der Waals surface area contributed by atoms with Crippen LogP contribution in [0.1, 0.15) is 15.9 Å². The van der Waals surface area contributed by atoms with Gasteiger partial charge in [0.2, 0.25) is 5.88 Å². The Bertz CT molecular complexity index is 1460. The highest BCUT2D eigenvalue weighted by molar-refractivity contribution is 7.92. The van der Waals surface area contributed by atoms with Crippen LogP contribution in [-0.4, -0.2) is 24.4 Å². The van der Waals surface area contributed by atoms with Crippen LogP contribution in [0.4, 0.5) is 11.4 Å². The topological polar surface area (TPSA) is 124 Å². The van der Waals surface area contributed by atoms with Gasteiger partial charge in [-0.2, -0.15) is 0 Å². The number of para-hydroxylation sites is 1. The Balaban J connectivity index is 1.59. The van der Waals surface area contributed by atoms with E-state index in [1.807, 2.05) is 13.0 Å². The van der Waals surface area contributed by atoms with E-state index in [0.717, 1.165) is 5.56 Å². The molecule has 3 N–H and O–H groups in total. The van der Waals surface area contributed by atoms with Crippen LogP contribution in [0.3, 0.4) is 0 Å².